The maximum absolute atomic E-state index is 9.64. The zero-order valence-electron chi connectivity index (χ0n) is 13.7. The van der Waals surface area contributed by atoms with Crippen molar-refractivity contribution in [2.45, 2.75) is 44.6 Å². The molecule has 122 valence electrons. The minimum absolute atomic E-state index is 0.123. The van der Waals surface area contributed by atoms with E-state index in [1.54, 1.807) is 0 Å². The fourth-order valence-corrected chi connectivity index (χ4v) is 3.66. The average molecular weight is 303 g/mol. The highest BCUT2D eigenvalue weighted by Crippen LogP contribution is 2.23. The number of rotatable bonds is 3. The smallest absolute Gasteiger partial charge is 0.128 e. The van der Waals surface area contributed by atoms with Gasteiger partial charge in [-0.15, -0.1) is 0 Å². The molecule has 2 fully saturated rings. The van der Waals surface area contributed by atoms with E-state index in [0.717, 1.165) is 44.1 Å². The van der Waals surface area contributed by atoms with E-state index in [2.05, 4.69) is 35.0 Å². The Morgan fingerprint density at radius 2 is 1.91 bits per heavy atom. The van der Waals surface area contributed by atoms with E-state index >= 15 is 0 Å². The molecule has 0 radical (unpaired) electrons. The minimum Gasteiger partial charge on any atom is -0.393 e. The predicted molar refractivity (Wildman–Crippen MR) is 90.2 cm³/mol. The van der Waals surface area contributed by atoms with Crippen LogP contribution < -0.4 is 4.90 Å². The van der Waals surface area contributed by atoms with Gasteiger partial charge in [0.15, 0.2) is 0 Å². The van der Waals surface area contributed by atoms with E-state index in [4.69, 9.17) is 4.98 Å². The van der Waals surface area contributed by atoms with Crippen LogP contribution in [-0.2, 0) is 6.42 Å². The monoisotopic (exact) mass is 303 g/mol. The predicted octanol–water partition coefficient (Wildman–Crippen LogP) is 2.32. The van der Waals surface area contributed by atoms with Gasteiger partial charge >= 0.3 is 0 Å². The van der Waals surface area contributed by atoms with Gasteiger partial charge in [0.05, 0.1) is 6.10 Å². The van der Waals surface area contributed by atoms with Crippen LogP contribution in [-0.4, -0.2) is 54.3 Å². The van der Waals surface area contributed by atoms with Gasteiger partial charge in [-0.1, -0.05) is 6.07 Å². The Labute approximate surface area is 134 Å². The van der Waals surface area contributed by atoms with E-state index in [0.29, 0.717) is 0 Å². The molecule has 22 heavy (non-hydrogen) atoms. The lowest BCUT2D eigenvalue weighted by molar-refractivity contribution is 0.145. The molecule has 3 rings (SSSR count). The van der Waals surface area contributed by atoms with Crippen molar-refractivity contribution in [1.82, 2.24) is 9.88 Å². The first-order valence-electron chi connectivity index (χ1n) is 8.78. The molecule has 0 aliphatic carbocycles. The normalized spacial score (nSPS) is 25.2. The summed E-state index contributed by atoms with van der Waals surface area (Å²) >= 11 is 0. The summed E-state index contributed by atoms with van der Waals surface area (Å²) in [6.45, 7) is 4.30. The van der Waals surface area contributed by atoms with Crippen molar-refractivity contribution in [1.29, 1.82) is 0 Å². The number of hydrogen-bond donors (Lipinski definition) is 1. The highest BCUT2D eigenvalue weighted by atomic mass is 16.3. The van der Waals surface area contributed by atoms with Gasteiger partial charge in [0.2, 0.25) is 0 Å². The molecule has 0 bridgehead atoms. The van der Waals surface area contributed by atoms with Crippen LogP contribution >= 0.6 is 0 Å². The van der Waals surface area contributed by atoms with Crippen molar-refractivity contribution >= 4 is 5.82 Å². The fraction of sp³-hybridized carbons (Fsp3) is 0.722. The summed E-state index contributed by atoms with van der Waals surface area (Å²) in [6.07, 6.45) is 6.64. The largest absolute Gasteiger partial charge is 0.393 e. The molecule has 1 aromatic heterocycles. The van der Waals surface area contributed by atoms with Crippen molar-refractivity contribution in [3.63, 3.8) is 0 Å². The van der Waals surface area contributed by atoms with Crippen molar-refractivity contribution in [2.24, 2.45) is 5.92 Å². The maximum Gasteiger partial charge on any atom is 0.128 e. The number of piperidine rings is 1. The zero-order chi connectivity index (χ0) is 15.4. The van der Waals surface area contributed by atoms with E-state index in [-0.39, 0.29) is 6.10 Å². The van der Waals surface area contributed by atoms with Crippen LogP contribution in [0.4, 0.5) is 5.82 Å². The van der Waals surface area contributed by atoms with Gasteiger partial charge in [-0.05, 0) is 76.7 Å². The number of aliphatic hydroxyl groups is 1. The van der Waals surface area contributed by atoms with Gasteiger partial charge in [-0.3, -0.25) is 0 Å². The molecule has 1 N–H and O–H groups in total. The average Bonchev–Trinajstić information content (AvgIpc) is 2.73. The van der Waals surface area contributed by atoms with E-state index in [1.165, 1.54) is 38.0 Å². The Morgan fingerprint density at radius 3 is 2.73 bits per heavy atom. The molecule has 2 saturated heterocycles. The standard InChI is InChI=1S/C18H29N3O/c1-20-10-3-4-15(7-11-20)14-16-5-2-6-18(19-16)21-12-8-17(22)9-13-21/h2,5-6,15,17,22H,3-4,7-14H2,1H3. The van der Waals surface area contributed by atoms with E-state index < -0.39 is 0 Å². The Morgan fingerprint density at radius 1 is 1.09 bits per heavy atom. The van der Waals surface area contributed by atoms with E-state index in [1.807, 2.05) is 0 Å². The Balaban J connectivity index is 1.61. The molecule has 3 heterocycles. The lowest BCUT2D eigenvalue weighted by Crippen LogP contribution is -2.36. The second kappa shape index (κ2) is 7.42. The second-order valence-corrected chi connectivity index (χ2v) is 7.01. The van der Waals surface area contributed by atoms with Crippen LogP contribution in [0.15, 0.2) is 18.2 Å². The van der Waals surface area contributed by atoms with E-state index in [9.17, 15) is 5.11 Å². The van der Waals surface area contributed by atoms with Crippen LogP contribution in [0, 0.1) is 5.92 Å². The summed E-state index contributed by atoms with van der Waals surface area (Å²) in [5.74, 6) is 1.87. The zero-order valence-corrected chi connectivity index (χ0v) is 13.7. The van der Waals surface area contributed by atoms with Crippen LogP contribution in [0.25, 0.3) is 0 Å². The van der Waals surface area contributed by atoms with Crippen LogP contribution in [0.5, 0.6) is 0 Å². The number of hydrogen-bond acceptors (Lipinski definition) is 4. The third-order valence-electron chi connectivity index (χ3n) is 5.15. The first-order valence-corrected chi connectivity index (χ1v) is 8.78. The number of aromatic nitrogens is 1. The molecule has 4 heteroatoms. The third kappa shape index (κ3) is 4.20. The van der Waals surface area contributed by atoms with Crippen molar-refractivity contribution in [3.05, 3.63) is 23.9 Å². The number of likely N-dealkylation sites (tertiary alicyclic amines) is 1. The summed E-state index contributed by atoms with van der Waals surface area (Å²) in [6, 6.07) is 6.44. The number of aliphatic hydroxyl groups excluding tert-OH is 1. The molecule has 0 spiro atoms. The van der Waals surface area contributed by atoms with Gasteiger partial charge in [0.1, 0.15) is 5.82 Å². The summed E-state index contributed by atoms with van der Waals surface area (Å²) in [4.78, 5) is 9.66. The molecule has 1 aromatic rings. The molecular weight excluding hydrogens is 274 g/mol. The quantitative estimate of drug-likeness (QED) is 0.930. The first-order chi connectivity index (χ1) is 10.7. The molecule has 4 nitrogen and oxygen atoms in total. The molecule has 0 amide bonds. The van der Waals surface area contributed by atoms with Gasteiger partial charge in [-0.2, -0.15) is 0 Å². The van der Waals surface area contributed by atoms with Gasteiger partial charge < -0.3 is 14.9 Å². The number of pyridine rings is 1. The van der Waals surface area contributed by atoms with Crippen LogP contribution in [0.3, 0.4) is 0 Å². The lowest BCUT2D eigenvalue weighted by atomic mass is 9.95. The van der Waals surface area contributed by atoms with Gasteiger partial charge in [0, 0.05) is 18.8 Å². The molecule has 1 atom stereocenters. The highest BCUT2D eigenvalue weighted by molar-refractivity contribution is 5.39. The van der Waals surface area contributed by atoms with Gasteiger partial charge in [-0.25, -0.2) is 4.98 Å². The number of anilines is 1. The molecule has 2 aliphatic rings. The summed E-state index contributed by atoms with van der Waals surface area (Å²) < 4.78 is 0. The SMILES string of the molecule is CN1CCCC(Cc2cccc(N3CCC(O)CC3)n2)CC1. The fourth-order valence-electron chi connectivity index (χ4n) is 3.66. The molecule has 1 unspecified atom stereocenters. The minimum atomic E-state index is -0.123. The summed E-state index contributed by atoms with van der Waals surface area (Å²) in [5.41, 5.74) is 1.23. The van der Waals surface area contributed by atoms with Crippen molar-refractivity contribution < 1.29 is 5.11 Å². The van der Waals surface area contributed by atoms with Crippen LogP contribution in [0.2, 0.25) is 0 Å². The van der Waals surface area contributed by atoms with Gasteiger partial charge in [0.25, 0.3) is 0 Å². The first kappa shape index (κ1) is 15.8. The topological polar surface area (TPSA) is 39.6 Å². The Hall–Kier alpha value is -1.13. The molecule has 0 aromatic carbocycles. The Kier molecular flexibility index (Phi) is 5.32. The summed E-state index contributed by atoms with van der Waals surface area (Å²) in [5, 5.41) is 9.64. The summed E-state index contributed by atoms with van der Waals surface area (Å²) in [7, 11) is 2.23. The highest BCUT2D eigenvalue weighted by Gasteiger charge is 2.19. The lowest BCUT2D eigenvalue weighted by Gasteiger charge is -2.30. The molecular formula is C18H29N3O. The third-order valence-corrected chi connectivity index (χ3v) is 5.15. The van der Waals surface area contributed by atoms with Crippen molar-refractivity contribution in [3.8, 4) is 0 Å². The number of nitrogens with zero attached hydrogens (tertiary/aromatic N) is 3. The molecule has 2 aliphatic heterocycles. The molecule has 0 saturated carbocycles. The van der Waals surface area contributed by atoms with Crippen LogP contribution in [0.1, 0.15) is 37.8 Å². The van der Waals surface area contributed by atoms with Crippen molar-refractivity contribution in [2.75, 3.05) is 38.1 Å². The maximum atomic E-state index is 9.64. The second-order valence-electron chi connectivity index (χ2n) is 7.01. The Bertz CT molecular complexity index is 471.